The summed E-state index contributed by atoms with van der Waals surface area (Å²) in [4.78, 5) is 15.2. The number of piperidine rings is 1. The highest BCUT2D eigenvalue weighted by molar-refractivity contribution is 5.76. The molecule has 1 aliphatic heterocycles. The molecule has 0 aromatic heterocycles. The molecule has 1 heterocycles. The number of amides is 1. The van der Waals surface area contributed by atoms with Gasteiger partial charge in [-0.1, -0.05) is 32.1 Å². The van der Waals surface area contributed by atoms with Crippen LogP contribution in [0.5, 0.6) is 0 Å². The highest BCUT2D eigenvalue weighted by Gasteiger charge is 2.36. The van der Waals surface area contributed by atoms with Crippen LogP contribution in [0.3, 0.4) is 0 Å². The molecule has 0 aromatic rings. The maximum atomic E-state index is 12.9. The van der Waals surface area contributed by atoms with Gasteiger partial charge in [0.05, 0.1) is 0 Å². The van der Waals surface area contributed by atoms with Gasteiger partial charge >= 0.3 is 0 Å². The molecular weight excluding hydrogens is 282 g/mol. The van der Waals surface area contributed by atoms with Crippen molar-refractivity contribution in [2.75, 3.05) is 6.54 Å². The maximum absolute atomic E-state index is 12.9. The van der Waals surface area contributed by atoms with Gasteiger partial charge in [-0.15, -0.1) is 0 Å². The summed E-state index contributed by atoms with van der Waals surface area (Å²) in [6.45, 7) is 1.05. The molecule has 1 saturated heterocycles. The van der Waals surface area contributed by atoms with Crippen molar-refractivity contribution >= 4 is 5.91 Å². The second-order valence-corrected chi connectivity index (χ2v) is 9.12. The zero-order valence-electron chi connectivity index (χ0n) is 14.8. The Balaban J connectivity index is 1.29. The van der Waals surface area contributed by atoms with Gasteiger partial charge in [-0.25, -0.2) is 0 Å². The molecule has 0 aromatic carbocycles. The van der Waals surface area contributed by atoms with Crippen LogP contribution in [-0.2, 0) is 4.79 Å². The molecule has 2 bridgehead atoms. The molecule has 4 fully saturated rings. The average molecular weight is 318 g/mol. The lowest BCUT2D eigenvalue weighted by Crippen LogP contribution is -2.49. The molecule has 1 amide bonds. The van der Waals surface area contributed by atoms with E-state index in [0.29, 0.717) is 11.9 Å². The minimum absolute atomic E-state index is 0.498. The lowest BCUT2D eigenvalue weighted by molar-refractivity contribution is -0.138. The monoisotopic (exact) mass is 317 g/mol. The van der Waals surface area contributed by atoms with Crippen molar-refractivity contribution in [1.29, 1.82) is 0 Å². The van der Waals surface area contributed by atoms with Crippen LogP contribution in [-0.4, -0.2) is 23.4 Å². The lowest BCUT2D eigenvalue weighted by atomic mass is 9.67. The van der Waals surface area contributed by atoms with Crippen LogP contribution >= 0.6 is 0 Å². The van der Waals surface area contributed by atoms with E-state index in [-0.39, 0.29) is 0 Å². The van der Waals surface area contributed by atoms with E-state index < -0.39 is 0 Å². The second-order valence-electron chi connectivity index (χ2n) is 9.12. The summed E-state index contributed by atoms with van der Waals surface area (Å²) >= 11 is 0. The first-order valence-corrected chi connectivity index (χ1v) is 10.6. The predicted octanol–water partition coefficient (Wildman–Crippen LogP) is 5.16. The summed E-state index contributed by atoms with van der Waals surface area (Å²) in [6, 6.07) is 0.607. The molecule has 0 radical (unpaired) electrons. The van der Waals surface area contributed by atoms with Crippen LogP contribution < -0.4 is 0 Å². The summed E-state index contributed by atoms with van der Waals surface area (Å²) in [5.41, 5.74) is 0. The lowest BCUT2D eigenvalue weighted by Gasteiger charge is -2.44. The van der Waals surface area contributed by atoms with Gasteiger partial charge in [0.15, 0.2) is 0 Å². The predicted molar refractivity (Wildman–Crippen MR) is 94.1 cm³/mol. The van der Waals surface area contributed by atoms with Gasteiger partial charge in [0.2, 0.25) is 5.91 Å². The molecule has 4 aliphatic rings. The molecule has 4 rings (SSSR count). The third kappa shape index (κ3) is 3.61. The van der Waals surface area contributed by atoms with Crippen molar-refractivity contribution in [1.82, 2.24) is 4.90 Å². The Morgan fingerprint density at radius 3 is 2.39 bits per heavy atom. The van der Waals surface area contributed by atoms with E-state index in [1.54, 1.807) is 0 Å². The van der Waals surface area contributed by atoms with E-state index in [1.807, 2.05) is 0 Å². The number of hydrogen-bond acceptors (Lipinski definition) is 1. The fourth-order valence-electron chi connectivity index (χ4n) is 6.51. The average Bonchev–Trinajstić information content (AvgIpc) is 2.59. The topological polar surface area (TPSA) is 20.3 Å². The largest absolute Gasteiger partial charge is 0.339 e. The first kappa shape index (κ1) is 16.0. The molecule has 4 unspecified atom stereocenters. The second kappa shape index (κ2) is 7.15. The normalized spacial score (nSPS) is 40.5. The molecule has 0 spiro atoms. The number of carbonyl (C=O) groups excluding carboxylic acids is 1. The molecule has 2 nitrogen and oxygen atoms in total. The number of rotatable bonds is 3. The van der Waals surface area contributed by atoms with Crippen LogP contribution in [0.25, 0.3) is 0 Å². The van der Waals surface area contributed by atoms with E-state index in [4.69, 9.17) is 0 Å². The molecule has 4 atom stereocenters. The minimum atomic E-state index is 0.498. The summed E-state index contributed by atoms with van der Waals surface area (Å²) in [5, 5.41) is 0. The molecule has 23 heavy (non-hydrogen) atoms. The minimum Gasteiger partial charge on any atom is -0.339 e. The summed E-state index contributed by atoms with van der Waals surface area (Å²) < 4.78 is 0. The van der Waals surface area contributed by atoms with Crippen LogP contribution in [0, 0.1) is 23.7 Å². The van der Waals surface area contributed by atoms with Gasteiger partial charge in [-0.3, -0.25) is 4.79 Å². The quantitative estimate of drug-likeness (QED) is 0.703. The highest BCUT2D eigenvalue weighted by atomic mass is 16.2. The van der Waals surface area contributed by atoms with Crippen molar-refractivity contribution < 1.29 is 4.79 Å². The van der Waals surface area contributed by atoms with Crippen LogP contribution in [0.4, 0.5) is 0 Å². The Morgan fingerprint density at radius 1 is 0.826 bits per heavy atom. The fraction of sp³-hybridized carbons (Fsp3) is 0.952. The van der Waals surface area contributed by atoms with Crippen LogP contribution in [0.2, 0.25) is 0 Å². The van der Waals surface area contributed by atoms with Gasteiger partial charge < -0.3 is 4.90 Å². The summed E-state index contributed by atoms with van der Waals surface area (Å²) in [5.74, 6) is 4.18. The van der Waals surface area contributed by atoms with Gasteiger partial charge in [0.25, 0.3) is 0 Å². The molecule has 0 N–H and O–H groups in total. The highest BCUT2D eigenvalue weighted by Crippen LogP contribution is 2.44. The third-order valence-electron chi connectivity index (χ3n) is 7.55. The van der Waals surface area contributed by atoms with Crippen molar-refractivity contribution in [2.24, 2.45) is 23.7 Å². The molecule has 2 heteroatoms. The maximum Gasteiger partial charge on any atom is 0.222 e. The van der Waals surface area contributed by atoms with Crippen molar-refractivity contribution in [3.63, 3.8) is 0 Å². The molecular formula is C21H35NO. The van der Waals surface area contributed by atoms with Gasteiger partial charge in [0, 0.05) is 19.0 Å². The molecule has 3 saturated carbocycles. The fourth-order valence-corrected chi connectivity index (χ4v) is 6.51. The smallest absolute Gasteiger partial charge is 0.222 e. The summed E-state index contributed by atoms with van der Waals surface area (Å²) in [6.07, 6.45) is 18.8. The first-order valence-electron chi connectivity index (χ1n) is 10.6. The zero-order chi connectivity index (χ0) is 15.6. The van der Waals surface area contributed by atoms with Crippen molar-refractivity contribution in [2.45, 2.75) is 95.9 Å². The van der Waals surface area contributed by atoms with Gasteiger partial charge in [-0.05, 0) is 75.0 Å². The number of hydrogen-bond donors (Lipinski definition) is 0. The Kier molecular flexibility index (Phi) is 4.96. The Hall–Kier alpha value is -0.530. The van der Waals surface area contributed by atoms with E-state index in [9.17, 15) is 4.79 Å². The SMILES string of the molecule is O=C(CCC1CC2CCCC(C2)C1)N1CCCC2CCCCC21. The molecule has 3 aliphatic carbocycles. The summed E-state index contributed by atoms with van der Waals surface area (Å²) in [7, 11) is 0. The standard InChI is InChI=1S/C21H35NO/c23-21(22-12-4-8-19-7-1-2-9-20(19)22)11-10-18-14-16-5-3-6-17(13-16)15-18/h16-20H,1-15H2. The Labute approximate surface area is 142 Å². The van der Waals surface area contributed by atoms with Crippen LogP contribution in [0.15, 0.2) is 0 Å². The van der Waals surface area contributed by atoms with E-state index in [0.717, 1.165) is 36.6 Å². The third-order valence-corrected chi connectivity index (χ3v) is 7.55. The Morgan fingerprint density at radius 2 is 1.57 bits per heavy atom. The van der Waals surface area contributed by atoms with E-state index >= 15 is 0 Å². The van der Waals surface area contributed by atoms with Crippen molar-refractivity contribution in [3.05, 3.63) is 0 Å². The number of nitrogens with zero attached hydrogens (tertiary/aromatic N) is 1. The Bertz CT molecular complexity index is 406. The van der Waals surface area contributed by atoms with Gasteiger partial charge in [0.1, 0.15) is 0 Å². The van der Waals surface area contributed by atoms with E-state index in [2.05, 4.69) is 4.90 Å². The zero-order valence-corrected chi connectivity index (χ0v) is 14.8. The number of fused-ring (bicyclic) bond motifs is 3. The molecule has 130 valence electrons. The van der Waals surface area contributed by atoms with Gasteiger partial charge in [-0.2, -0.15) is 0 Å². The van der Waals surface area contributed by atoms with E-state index in [1.165, 1.54) is 83.5 Å². The van der Waals surface area contributed by atoms with Crippen LogP contribution in [0.1, 0.15) is 89.9 Å². The van der Waals surface area contributed by atoms with Crippen molar-refractivity contribution in [3.8, 4) is 0 Å². The number of likely N-dealkylation sites (tertiary alicyclic amines) is 1. The number of carbonyl (C=O) groups is 1. The first-order chi connectivity index (χ1) is 11.3.